The molecule has 0 bridgehead atoms. The van der Waals surface area contributed by atoms with Crippen molar-refractivity contribution >= 4 is 28.1 Å². The lowest BCUT2D eigenvalue weighted by Gasteiger charge is -2.16. The van der Waals surface area contributed by atoms with Crippen molar-refractivity contribution in [1.29, 1.82) is 0 Å². The van der Waals surface area contributed by atoms with E-state index in [0.717, 1.165) is 41.6 Å². The smallest absolute Gasteiger partial charge is 0.145 e. The topological polar surface area (TPSA) is 48.1 Å². The summed E-state index contributed by atoms with van der Waals surface area (Å²) in [4.78, 5) is 5.16. The summed E-state index contributed by atoms with van der Waals surface area (Å²) in [6.45, 7) is 2.66. The Hall–Kier alpha value is -1.68. The molecule has 0 aliphatic heterocycles. The number of para-hydroxylation sites is 1. The van der Waals surface area contributed by atoms with Crippen LogP contribution in [0.15, 0.2) is 30.3 Å². The first kappa shape index (κ1) is 13.3. The van der Waals surface area contributed by atoms with Crippen LogP contribution in [-0.4, -0.2) is 16.6 Å². The van der Waals surface area contributed by atoms with E-state index in [2.05, 4.69) is 17.1 Å². The van der Waals surface area contributed by atoms with Crippen LogP contribution >= 0.6 is 12.2 Å². The predicted molar refractivity (Wildman–Crippen MR) is 85.0 cm³/mol. The van der Waals surface area contributed by atoms with Crippen molar-refractivity contribution in [2.75, 3.05) is 6.61 Å². The number of benzene rings is 1. The van der Waals surface area contributed by atoms with E-state index in [1.807, 2.05) is 25.1 Å². The molecule has 0 saturated heterocycles. The quantitative estimate of drug-likeness (QED) is 0.856. The van der Waals surface area contributed by atoms with Crippen LogP contribution < -0.4 is 10.5 Å². The Morgan fingerprint density at radius 1 is 1.35 bits per heavy atom. The second-order valence-corrected chi connectivity index (χ2v) is 6.24. The van der Waals surface area contributed by atoms with Crippen molar-refractivity contribution in [3.63, 3.8) is 0 Å². The molecule has 104 valence electrons. The minimum absolute atomic E-state index is 0.165. The van der Waals surface area contributed by atoms with Crippen molar-refractivity contribution in [2.45, 2.75) is 26.2 Å². The van der Waals surface area contributed by atoms with Gasteiger partial charge in [0.15, 0.2) is 0 Å². The van der Waals surface area contributed by atoms with E-state index in [1.165, 1.54) is 0 Å². The van der Waals surface area contributed by atoms with Crippen molar-refractivity contribution in [2.24, 2.45) is 11.1 Å². The molecule has 0 amide bonds. The second-order valence-electron chi connectivity index (χ2n) is 5.71. The lowest BCUT2D eigenvalue weighted by atomic mass is 10.0. The van der Waals surface area contributed by atoms with E-state index in [9.17, 15) is 0 Å². The van der Waals surface area contributed by atoms with Gasteiger partial charge in [-0.05, 0) is 31.9 Å². The van der Waals surface area contributed by atoms with Gasteiger partial charge in [-0.2, -0.15) is 0 Å². The van der Waals surface area contributed by atoms with E-state index >= 15 is 0 Å². The van der Waals surface area contributed by atoms with Crippen LogP contribution in [-0.2, 0) is 0 Å². The lowest BCUT2D eigenvalue weighted by molar-refractivity contribution is 0.241. The van der Waals surface area contributed by atoms with Gasteiger partial charge >= 0.3 is 0 Å². The molecule has 1 heterocycles. The number of thiocarbonyl (C=S) groups is 1. The standard InChI is InChI=1S/C16H18N2OS/c1-11-5-6-12-3-2-4-13(15(12)18-11)19-10-16(7-8-16)9-14(17)20/h2-6H,7-10H2,1H3,(H2,17,20). The van der Waals surface area contributed by atoms with E-state index in [0.29, 0.717) is 11.6 Å². The third-order valence-corrected chi connectivity index (χ3v) is 4.01. The summed E-state index contributed by atoms with van der Waals surface area (Å²) in [5.74, 6) is 0.848. The zero-order valence-electron chi connectivity index (χ0n) is 11.6. The third-order valence-electron chi connectivity index (χ3n) is 3.86. The number of hydrogen-bond acceptors (Lipinski definition) is 3. The van der Waals surface area contributed by atoms with Crippen molar-refractivity contribution < 1.29 is 4.74 Å². The van der Waals surface area contributed by atoms with Crippen molar-refractivity contribution in [3.05, 3.63) is 36.0 Å². The van der Waals surface area contributed by atoms with Gasteiger partial charge in [0.1, 0.15) is 11.3 Å². The molecule has 1 saturated carbocycles. The van der Waals surface area contributed by atoms with Gasteiger partial charge in [0, 0.05) is 22.9 Å². The number of pyridine rings is 1. The Morgan fingerprint density at radius 2 is 2.15 bits per heavy atom. The van der Waals surface area contributed by atoms with Crippen LogP contribution in [0.5, 0.6) is 5.75 Å². The Bertz CT molecular complexity index is 665. The SMILES string of the molecule is Cc1ccc2cccc(OCC3(CC(N)=S)CC3)c2n1. The molecule has 3 nitrogen and oxygen atoms in total. The van der Waals surface area contributed by atoms with Gasteiger partial charge in [0.2, 0.25) is 0 Å². The fourth-order valence-corrected chi connectivity index (χ4v) is 2.79. The number of aromatic nitrogens is 1. The summed E-state index contributed by atoms with van der Waals surface area (Å²) < 4.78 is 6.02. The summed E-state index contributed by atoms with van der Waals surface area (Å²) in [6.07, 6.45) is 3.06. The highest BCUT2D eigenvalue weighted by atomic mass is 32.1. The number of ether oxygens (including phenoxy) is 1. The molecule has 20 heavy (non-hydrogen) atoms. The molecule has 0 unspecified atom stereocenters. The Labute approximate surface area is 124 Å². The molecular weight excluding hydrogens is 268 g/mol. The number of aryl methyl sites for hydroxylation is 1. The molecule has 0 spiro atoms. The Kier molecular flexibility index (Phi) is 3.34. The summed E-state index contributed by atoms with van der Waals surface area (Å²) in [6, 6.07) is 10.1. The van der Waals surface area contributed by atoms with Crippen LogP contribution in [0.1, 0.15) is 25.0 Å². The van der Waals surface area contributed by atoms with Crippen molar-refractivity contribution in [1.82, 2.24) is 4.98 Å². The maximum absolute atomic E-state index is 6.02. The van der Waals surface area contributed by atoms with E-state index in [-0.39, 0.29) is 5.41 Å². The number of fused-ring (bicyclic) bond motifs is 1. The Morgan fingerprint density at radius 3 is 2.85 bits per heavy atom. The molecule has 1 aliphatic rings. The molecule has 0 radical (unpaired) electrons. The minimum atomic E-state index is 0.165. The molecule has 1 aliphatic carbocycles. The van der Waals surface area contributed by atoms with Gasteiger partial charge in [-0.25, -0.2) is 4.98 Å². The summed E-state index contributed by atoms with van der Waals surface area (Å²) in [5, 5.41) is 1.10. The van der Waals surface area contributed by atoms with Crippen molar-refractivity contribution in [3.8, 4) is 5.75 Å². The van der Waals surface area contributed by atoms with Crippen LogP contribution in [0.4, 0.5) is 0 Å². The largest absolute Gasteiger partial charge is 0.491 e. The highest BCUT2D eigenvalue weighted by Crippen LogP contribution is 2.49. The molecule has 1 aromatic heterocycles. The van der Waals surface area contributed by atoms with Crippen LogP contribution in [0, 0.1) is 12.3 Å². The first-order valence-corrected chi connectivity index (χ1v) is 7.26. The Balaban J connectivity index is 1.81. The molecule has 2 aromatic rings. The van der Waals surface area contributed by atoms with Crippen LogP contribution in [0.25, 0.3) is 10.9 Å². The average Bonchev–Trinajstić information content (AvgIpc) is 3.15. The number of rotatable bonds is 5. The van der Waals surface area contributed by atoms with Gasteiger partial charge in [-0.1, -0.05) is 30.4 Å². The van der Waals surface area contributed by atoms with Gasteiger partial charge in [0.25, 0.3) is 0 Å². The fraction of sp³-hybridized carbons (Fsp3) is 0.375. The molecule has 2 N–H and O–H groups in total. The first-order valence-electron chi connectivity index (χ1n) is 6.86. The lowest BCUT2D eigenvalue weighted by Crippen LogP contribution is -2.21. The molecular formula is C16H18N2OS. The highest BCUT2D eigenvalue weighted by Gasteiger charge is 2.43. The zero-order chi connectivity index (χ0) is 14.2. The summed E-state index contributed by atoms with van der Waals surface area (Å²) in [5.41, 5.74) is 7.75. The summed E-state index contributed by atoms with van der Waals surface area (Å²) >= 11 is 5.02. The number of nitrogens with two attached hydrogens (primary N) is 1. The number of hydrogen-bond donors (Lipinski definition) is 1. The molecule has 0 atom stereocenters. The normalized spacial score (nSPS) is 16.1. The zero-order valence-corrected chi connectivity index (χ0v) is 12.4. The maximum atomic E-state index is 6.02. The predicted octanol–water partition coefficient (Wildman–Crippen LogP) is 3.38. The average molecular weight is 286 g/mol. The van der Waals surface area contributed by atoms with Gasteiger partial charge in [-0.15, -0.1) is 0 Å². The third kappa shape index (κ3) is 2.75. The number of nitrogens with zero attached hydrogens (tertiary/aromatic N) is 1. The van der Waals surface area contributed by atoms with E-state index in [1.54, 1.807) is 0 Å². The molecule has 4 heteroatoms. The monoisotopic (exact) mass is 286 g/mol. The van der Waals surface area contributed by atoms with Crippen LogP contribution in [0.2, 0.25) is 0 Å². The summed E-state index contributed by atoms with van der Waals surface area (Å²) in [7, 11) is 0. The second kappa shape index (κ2) is 5.02. The first-order chi connectivity index (χ1) is 9.58. The van der Waals surface area contributed by atoms with E-state index < -0.39 is 0 Å². The molecule has 1 aromatic carbocycles. The minimum Gasteiger partial charge on any atom is -0.491 e. The fourth-order valence-electron chi connectivity index (χ4n) is 2.48. The van der Waals surface area contributed by atoms with Gasteiger partial charge in [-0.3, -0.25) is 0 Å². The van der Waals surface area contributed by atoms with E-state index in [4.69, 9.17) is 22.7 Å². The molecule has 1 fully saturated rings. The van der Waals surface area contributed by atoms with Gasteiger partial charge < -0.3 is 10.5 Å². The van der Waals surface area contributed by atoms with Gasteiger partial charge in [0.05, 0.1) is 11.6 Å². The molecule has 3 rings (SSSR count). The van der Waals surface area contributed by atoms with Crippen LogP contribution in [0.3, 0.4) is 0 Å². The highest BCUT2D eigenvalue weighted by molar-refractivity contribution is 7.80. The maximum Gasteiger partial charge on any atom is 0.145 e.